The average Bonchev–Trinajstić information content (AvgIpc) is 2.74. The van der Waals surface area contributed by atoms with Gasteiger partial charge in [-0.2, -0.15) is 0 Å². The van der Waals surface area contributed by atoms with Crippen LogP contribution in [0.3, 0.4) is 0 Å². The van der Waals surface area contributed by atoms with E-state index in [0.29, 0.717) is 0 Å². The third-order valence-corrected chi connectivity index (χ3v) is 2.64. The number of benzene rings is 1. The summed E-state index contributed by atoms with van der Waals surface area (Å²) in [6, 6.07) is 7.53. The summed E-state index contributed by atoms with van der Waals surface area (Å²) >= 11 is 0. The number of H-pyrrole nitrogens is 1. The number of nitrogens with zero attached hydrogens (tertiary/aromatic N) is 1. The van der Waals surface area contributed by atoms with E-state index in [1.165, 1.54) is 0 Å². The van der Waals surface area contributed by atoms with E-state index in [4.69, 9.17) is 0 Å². The van der Waals surface area contributed by atoms with Crippen molar-refractivity contribution < 1.29 is 4.79 Å². The standard InChI is InChI=1S/C14H18N4O/c1-9(2)17-14(19)18-12-6-4-5-11(7-12)13-10(3)15-8-16-13/h4-9H,1-3H3,(H,15,16)(H2,17,18,19). The Morgan fingerprint density at radius 3 is 2.79 bits per heavy atom. The van der Waals surface area contributed by atoms with Crippen LogP contribution < -0.4 is 10.6 Å². The van der Waals surface area contributed by atoms with Gasteiger partial charge in [-0.25, -0.2) is 9.78 Å². The van der Waals surface area contributed by atoms with Gasteiger partial charge in [0.25, 0.3) is 0 Å². The zero-order chi connectivity index (χ0) is 13.8. The van der Waals surface area contributed by atoms with Crippen LogP contribution in [0.25, 0.3) is 11.3 Å². The third kappa shape index (κ3) is 3.34. The first-order chi connectivity index (χ1) is 9.06. The molecule has 0 saturated carbocycles. The molecule has 100 valence electrons. The molecule has 0 spiro atoms. The Bertz CT molecular complexity index is 574. The molecule has 5 nitrogen and oxygen atoms in total. The van der Waals surface area contributed by atoms with Crippen LogP contribution in [0.15, 0.2) is 30.6 Å². The van der Waals surface area contributed by atoms with Crippen LogP contribution in [0, 0.1) is 6.92 Å². The van der Waals surface area contributed by atoms with Gasteiger partial charge in [-0.1, -0.05) is 12.1 Å². The van der Waals surface area contributed by atoms with Gasteiger partial charge in [0.05, 0.1) is 12.0 Å². The van der Waals surface area contributed by atoms with Gasteiger partial charge < -0.3 is 15.6 Å². The van der Waals surface area contributed by atoms with E-state index in [1.54, 1.807) is 6.33 Å². The summed E-state index contributed by atoms with van der Waals surface area (Å²) in [5, 5.41) is 5.59. The van der Waals surface area contributed by atoms with E-state index >= 15 is 0 Å². The number of aryl methyl sites for hydroxylation is 1. The van der Waals surface area contributed by atoms with E-state index < -0.39 is 0 Å². The van der Waals surface area contributed by atoms with Crippen LogP contribution in [0.2, 0.25) is 0 Å². The van der Waals surface area contributed by atoms with Gasteiger partial charge >= 0.3 is 6.03 Å². The van der Waals surface area contributed by atoms with Crippen molar-refractivity contribution in [2.75, 3.05) is 5.32 Å². The second-order valence-corrected chi connectivity index (χ2v) is 4.71. The normalized spacial score (nSPS) is 10.5. The highest BCUT2D eigenvalue weighted by atomic mass is 16.2. The molecule has 19 heavy (non-hydrogen) atoms. The average molecular weight is 258 g/mol. The Labute approximate surface area is 112 Å². The van der Waals surface area contributed by atoms with E-state index in [-0.39, 0.29) is 12.1 Å². The van der Waals surface area contributed by atoms with Gasteiger partial charge in [-0.05, 0) is 32.9 Å². The Morgan fingerprint density at radius 1 is 1.37 bits per heavy atom. The van der Waals surface area contributed by atoms with Gasteiger partial charge in [0, 0.05) is 23.0 Å². The molecule has 2 amide bonds. The van der Waals surface area contributed by atoms with Gasteiger partial charge in [-0.15, -0.1) is 0 Å². The number of amides is 2. The summed E-state index contributed by atoms with van der Waals surface area (Å²) < 4.78 is 0. The first-order valence-corrected chi connectivity index (χ1v) is 6.24. The number of aromatic amines is 1. The molecule has 0 aliphatic rings. The number of rotatable bonds is 3. The molecular formula is C14H18N4O. The number of hydrogen-bond acceptors (Lipinski definition) is 2. The highest BCUT2D eigenvalue weighted by molar-refractivity contribution is 5.90. The molecule has 3 N–H and O–H groups in total. The lowest BCUT2D eigenvalue weighted by molar-refractivity contribution is 0.250. The highest BCUT2D eigenvalue weighted by Crippen LogP contribution is 2.22. The van der Waals surface area contributed by atoms with E-state index in [0.717, 1.165) is 22.6 Å². The topological polar surface area (TPSA) is 69.8 Å². The maximum absolute atomic E-state index is 11.6. The van der Waals surface area contributed by atoms with Crippen molar-refractivity contribution >= 4 is 11.7 Å². The molecule has 2 aromatic rings. The Morgan fingerprint density at radius 2 is 2.16 bits per heavy atom. The number of imidazole rings is 1. The molecule has 0 bridgehead atoms. The highest BCUT2D eigenvalue weighted by Gasteiger charge is 2.07. The molecule has 5 heteroatoms. The number of nitrogens with one attached hydrogen (secondary N) is 3. The van der Waals surface area contributed by atoms with Crippen LogP contribution in [-0.4, -0.2) is 22.0 Å². The molecule has 0 fully saturated rings. The molecule has 1 aromatic carbocycles. The molecule has 0 radical (unpaired) electrons. The Kier molecular flexibility index (Phi) is 3.85. The minimum Gasteiger partial charge on any atom is -0.348 e. The van der Waals surface area contributed by atoms with Crippen LogP contribution >= 0.6 is 0 Å². The maximum atomic E-state index is 11.6. The molecule has 0 unspecified atom stereocenters. The summed E-state index contributed by atoms with van der Waals surface area (Å²) in [6.07, 6.45) is 1.66. The smallest absolute Gasteiger partial charge is 0.319 e. The molecule has 1 heterocycles. The van der Waals surface area contributed by atoms with Gasteiger partial charge in [0.2, 0.25) is 0 Å². The zero-order valence-corrected chi connectivity index (χ0v) is 11.3. The Hall–Kier alpha value is -2.30. The van der Waals surface area contributed by atoms with Gasteiger partial charge in [0.1, 0.15) is 0 Å². The molecule has 0 atom stereocenters. The lowest BCUT2D eigenvalue weighted by Gasteiger charge is -2.10. The summed E-state index contributed by atoms with van der Waals surface area (Å²) in [7, 11) is 0. The number of carbonyl (C=O) groups is 1. The van der Waals surface area contributed by atoms with E-state index in [1.807, 2.05) is 45.0 Å². The second-order valence-electron chi connectivity index (χ2n) is 4.71. The second kappa shape index (κ2) is 5.56. The molecule has 0 aliphatic carbocycles. The predicted octanol–water partition coefficient (Wildman–Crippen LogP) is 2.92. The first-order valence-electron chi connectivity index (χ1n) is 6.24. The summed E-state index contributed by atoms with van der Waals surface area (Å²) in [4.78, 5) is 19.0. The monoisotopic (exact) mass is 258 g/mol. The summed E-state index contributed by atoms with van der Waals surface area (Å²) in [5.41, 5.74) is 3.62. The lowest BCUT2D eigenvalue weighted by Crippen LogP contribution is -2.34. The largest absolute Gasteiger partial charge is 0.348 e. The fourth-order valence-electron chi connectivity index (χ4n) is 1.82. The zero-order valence-electron chi connectivity index (χ0n) is 11.3. The Balaban J connectivity index is 2.16. The predicted molar refractivity (Wildman–Crippen MR) is 76.1 cm³/mol. The number of carbonyl (C=O) groups excluding carboxylic acids is 1. The lowest BCUT2D eigenvalue weighted by atomic mass is 10.1. The number of urea groups is 1. The molecule has 1 aromatic heterocycles. The molecule has 2 rings (SSSR count). The van der Waals surface area contributed by atoms with Crippen molar-refractivity contribution in [3.8, 4) is 11.3 Å². The van der Waals surface area contributed by atoms with Crippen LogP contribution in [-0.2, 0) is 0 Å². The fraction of sp³-hybridized carbons (Fsp3) is 0.286. The van der Waals surface area contributed by atoms with Crippen LogP contribution in [0.1, 0.15) is 19.5 Å². The fourth-order valence-corrected chi connectivity index (χ4v) is 1.82. The molecule has 0 aliphatic heterocycles. The minimum atomic E-state index is -0.203. The van der Waals surface area contributed by atoms with Crippen molar-refractivity contribution in [1.29, 1.82) is 0 Å². The third-order valence-electron chi connectivity index (χ3n) is 2.64. The summed E-state index contributed by atoms with van der Waals surface area (Å²) in [6.45, 7) is 5.81. The number of hydrogen-bond donors (Lipinski definition) is 3. The number of anilines is 1. The number of aromatic nitrogens is 2. The SMILES string of the molecule is Cc1[nH]cnc1-c1cccc(NC(=O)NC(C)C)c1. The van der Waals surface area contributed by atoms with E-state index in [2.05, 4.69) is 20.6 Å². The van der Waals surface area contributed by atoms with Crippen molar-refractivity contribution in [2.45, 2.75) is 26.8 Å². The van der Waals surface area contributed by atoms with Crippen molar-refractivity contribution in [3.63, 3.8) is 0 Å². The van der Waals surface area contributed by atoms with Crippen LogP contribution in [0.5, 0.6) is 0 Å². The van der Waals surface area contributed by atoms with Crippen LogP contribution in [0.4, 0.5) is 10.5 Å². The molecule has 0 saturated heterocycles. The van der Waals surface area contributed by atoms with Crippen molar-refractivity contribution in [2.24, 2.45) is 0 Å². The van der Waals surface area contributed by atoms with Crippen molar-refractivity contribution in [1.82, 2.24) is 15.3 Å². The van der Waals surface area contributed by atoms with Crippen molar-refractivity contribution in [3.05, 3.63) is 36.3 Å². The van der Waals surface area contributed by atoms with Gasteiger partial charge in [-0.3, -0.25) is 0 Å². The quantitative estimate of drug-likeness (QED) is 0.792. The minimum absolute atomic E-state index is 0.108. The van der Waals surface area contributed by atoms with Gasteiger partial charge in [0.15, 0.2) is 0 Å². The maximum Gasteiger partial charge on any atom is 0.319 e. The molecular weight excluding hydrogens is 240 g/mol. The summed E-state index contributed by atoms with van der Waals surface area (Å²) in [5.74, 6) is 0. The van der Waals surface area contributed by atoms with E-state index in [9.17, 15) is 4.79 Å². The first kappa shape index (κ1) is 13.1.